The first-order chi connectivity index (χ1) is 13.1. The number of nitriles is 1. The number of aliphatic imine (C=N–C) groups is 1. The monoisotopic (exact) mass is 360 g/mol. The van der Waals surface area contributed by atoms with Gasteiger partial charge in [-0.15, -0.1) is 0 Å². The molecule has 4 rings (SSSR count). The van der Waals surface area contributed by atoms with Crippen molar-refractivity contribution in [3.63, 3.8) is 0 Å². The number of phenolic OH excluding ortho intramolecular Hbond substituents is 1. The summed E-state index contributed by atoms with van der Waals surface area (Å²) in [5.74, 6) is 0.254. The number of benzene rings is 2. The molecule has 0 aromatic heterocycles. The minimum absolute atomic E-state index is 0.0386. The van der Waals surface area contributed by atoms with Gasteiger partial charge in [0.05, 0.1) is 11.8 Å². The second-order valence-electron chi connectivity index (χ2n) is 7.59. The highest BCUT2D eigenvalue weighted by Crippen LogP contribution is 2.49. The molecule has 1 saturated carbocycles. The number of phenols is 1. The third-order valence-corrected chi connectivity index (χ3v) is 6.03. The zero-order valence-electron chi connectivity index (χ0n) is 15.6. The predicted molar refractivity (Wildman–Crippen MR) is 106 cm³/mol. The van der Waals surface area contributed by atoms with Gasteiger partial charge in [0, 0.05) is 17.6 Å². The van der Waals surface area contributed by atoms with Crippen LogP contribution in [0.1, 0.15) is 43.7 Å². The molecule has 27 heavy (non-hydrogen) atoms. The fourth-order valence-electron chi connectivity index (χ4n) is 4.74. The zero-order chi connectivity index (χ0) is 18.9. The van der Waals surface area contributed by atoms with E-state index in [0.29, 0.717) is 6.10 Å². The van der Waals surface area contributed by atoms with Crippen LogP contribution in [0.5, 0.6) is 5.75 Å². The molecule has 0 unspecified atom stereocenters. The van der Waals surface area contributed by atoms with Gasteiger partial charge in [-0.05, 0) is 73.9 Å². The molecule has 2 aliphatic carbocycles. The molecule has 0 bridgehead atoms. The summed E-state index contributed by atoms with van der Waals surface area (Å²) in [6.07, 6.45) is 7.37. The maximum absolute atomic E-state index is 9.79. The second-order valence-corrected chi connectivity index (χ2v) is 7.59. The molecule has 0 radical (unpaired) electrons. The first kappa shape index (κ1) is 17.8. The molecule has 2 aromatic carbocycles. The fourth-order valence-corrected chi connectivity index (χ4v) is 4.74. The Balaban J connectivity index is 1.69. The van der Waals surface area contributed by atoms with E-state index in [4.69, 9.17) is 4.74 Å². The van der Waals surface area contributed by atoms with Gasteiger partial charge < -0.3 is 9.84 Å². The van der Waals surface area contributed by atoms with Crippen LogP contribution >= 0.6 is 0 Å². The van der Waals surface area contributed by atoms with Crippen LogP contribution in [0.4, 0.5) is 0 Å². The molecule has 138 valence electrons. The van der Waals surface area contributed by atoms with E-state index in [1.807, 2.05) is 25.2 Å². The Hall–Kier alpha value is -2.64. The van der Waals surface area contributed by atoms with Gasteiger partial charge in [0.2, 0.25) is 6.19 Å². The van der Waals surface area contributed by atoms with Crippen molar-refractivity contribution in [2.45, 2.75) is 45.1 Å². The first-order valence-electron chi connectivity index (χ1n) is 9.67. The average Bonchev–Trinajstić information content (AvgIpc) is 2.97. The Morgan fingerprint density at radius 3 is 2.67 bits per heavy atom. The number of ether oxygens (including phenoxy) is 1. The largest absolute Gasteiger partial charge is 0.508 e. The summed E-state index contributed by atoms with van der Waals surface area (Å²) in [6, 6.07) is 13.7. The van der Waals surface area contributed by atoms with E-state index in [1.54, 1.807) is 12.1 Å². The van der Waals surface area contributed by atoms with Gasteiger partial charge in [0.1, 0.15) is 5.75 Å². The number of hydrogen-bond donors (Lipinski definition) is 1. The molecule has 2 aliphatic rings. The third-order valence-electron chi connectivity index (χ3n) is 6.03. The Morgan fingerprint density at radius 1 is 1.19 bits per heavy atom. The quantitative estimate of drug-likeness (QED) is 0.796. The molecule has 2 aromatic rings. The van der Waals surface area contributed by atoms with Crippen molar-refractivity contribution in [3.05, 3.63) is 53.6 Å². The highest BCUT2D eigenvalue weighted by atomic mass is 16.5. The third kappa shape index (κ3) is 3.24. The smallest absolute Gasteiger partial charge is 0.205 e. The number of fused-ring (bicyclic) bond motifs is 1. The zero-order valence-corrected chi connectivity index (χ0v) is 15.6. The van der Waals surface area contributed by atoms with Crippen molar-refractivity contribution in [1.29, 1.82) is 5.26 Å². The van der Waals surface area contributed by atoms with Crippen molar-refractivity contribution < 1.29 is 9.84 Å². The molecule has 0 amide bonds. The lowest BCUT2D eigenvalue weighted by atomic mass is 9.70. The Labute approximate surface area is 160 Å². The molecular weight excluding hydrogens is 336 g/mol. The maximum atomic E-state index is 9.79. The Morgan fingerprint density at radius 2 is 1.96 bits per heavy atom. The molecule has 1 N–H and O–H groups in total. The summed E-state index contributed by atoms with van der Waals surface area (Å²) >= 11 is 0. The standard InChI is InChI=1S/C23H24N2O2/c1-2-27-20-8-10-23(11-9-20)14-18-7-6-17(13-21(18)22(23)25-15-24)16-4-3-5-19(26)12-16/h3-7,12-13,20,26H,2,8-11,14H2,1H3/b25-22+/t20-,23-. The first-order valence-corrected chi connectivity index (χ1v) is 9.67. The average molecular weight is 360 g/mol. The van der Waals surface area contributed by atoms with Crippen LogP contribution in [0.3, 0.4) is 0 Å². The van der Waals surface area contributed by atoms with Crippen molar-refractivity contribution in [2.75, 3.05) is 6.61 Å². The minimum atomic E-state index is -0.0386. The summed E-state index contributed by atoms with van der Waals surface area (Å²) in [5.41, 5.74) is 5.26. The predicted octanol–water partition coefficient (Wildman–Crippen LogP) is 4.85. The van der Waals surface area contributed by atoms with E-state index in [1.165, 1.54) is 5.56 Å². The van der Waals surface area contributed by atoms with E-state index >= 15 is 0 Å². The maximum Gasteiger partial charge on any atom is 0.205 e. The van der Waals surface area contributed by atoms with Gasteiger partial charge in [0.25, 0.3) is 0 Å². The van der Waals surface area contributed by atoms with Gasteiger partial charge in [0.15, 0.2) is 0 Å². The number of hydrogen-bond acceptors (Lipinski definition) is 4. The number of rotatable bonds is 3. The van der Waals surface area contributed by atoms with Crippen molar-refractivity contribution in [3.8, 4) is 23.1 Å². The van der Waals surface area contributed by atoms with Gasteiger partial charge in [-0.25, -0.2) is 0 Å². The van der Waals surface area contributed by atoms with Crippen LogP contribution < -0.4 is 0 Å². The second kappa shape index (κ2) is 7.17. The van der Waals surface area contributed by atoms with E-state index in [2.05, 4.69) is 23.2 Å². The number of aromatic hydroxyl groups is 1. The van der Waals surface area contributed by atoms with E-state index in [-0.39, 0.29) is 11.2 Å². The fraction of sp³-hybridized carbons (Fsp3) is 0.391. The molecule has 4 nitrogen and oxygen atoms in total. The van der Waals surface area contributed by atoms with Crippen molar-refractivity contribution in [1.82, 2.24) is 0 Å². The minimum Gasteiger partial charge on any atom is -0.508 e. The lowest BCUT2D eigenvalue weighted by Crippen LogP contribution is -2.36. The lowest BCUT2D eigenvalue weighted by Gasteiger charge is -2.37. The summed E-state index contributed by atoms with van der Waals surface area (Å²) in [7, 11) is 0. The van der Waals surface area contributed by atoms with Crippen molar-refractivity contribution >= 4 is 5.71 Å². The molecular formula is C23H24N2O2. The van der Waals surface area contributed by atoms with E-state index < -0.39 is 0 Å². The van der Waals surface area contributed by atoms with Gasteiger partial charge in [-0.1, -0.05) is 24.3 Å². The highest BCUT2D eigenvalue weighted by molar-refractivity contribution is 6.10. The van der Waals surface area contributed by atoms with Crippen LogP contribution in [-0.4, -0.2) is 23.5 Å². The van der Waals surface area contributed by atoms with Gasteiger partial charge in [-0.3, -0.25) is 0 Å². The topological polar surface area (TPSA) is 65.6 Å². The summed E-state index contributed by atoms with van der Waals surface area (Å²) in [5, 5.41) is 19.1. The van der Waals surface area contributed by atoms with E-state index in [0.717, 1.165) is 61.1 Å². The molecule has 1 fully saturated rings. The Bertz CT molecular complexity index is 918. The number of nitrogens with zero attached hydrogens (tertiary/aromatic N) is 2. The molecule has 0 aliphatic heterocycles. The van der Waals surface area contributed by atoms with Crippen LogP contribution in [0, 0.1) is 16.9 Å². The molecule has 0 atom stereocenters. The Kier molecular flexibility index (Phi) is 4.72. The van der Waals surface area contributed by atoms with E-state index in [9.17, 15) is 10.4 Å². The molecule has 4 heteroatoms. The highest BCUT2D eigenvalue weighted by Gasteiger charge is 2.45. The summed E-state index contributed by atoms with van der Waals surface area (Å²) in [4.78, 5) is 4.30. The van der Waals surface area contributed by atoms with Crippen LogP contribution in [0.15, 0.2) is 47.5 Å². The van der Waals surface area contributed by atoms with Gasteiger partial charge >= 0.3 is 0 Å². The van der Waals surface area contributed by atoms with Gasteiger partial charge in [-0.2, -0.15) is 10.3 Å². The van der Waals surface area contributed by atoms with Crippen LogP contribution in [0.2, 0.25) is 0 Å². The molecule has 0 saturated heterocycles. The van der Waals surface area contributed by atoms with Crippen molar-refractivity contribution in [2.24, 2.45) is 10.4 Å². The lowest BCUT2D eigenvalue weighted by molar-refractivity contribution is 0.0179. The van der Waals surface area contributed by atoms with Crippen LogP contribution in [0.25, 0.3) is 11.1 Å². The normalized spacial score (nSPS) is 25.5. The molecule has 0 heterocycles. The summed E-state index contributed by atoms with van der Waals surface area (Å²) in [6.45, 7) is 2.80. The SMILES string of the molecule is CCO[C@H]1CC[C@]2(CC1)Cc1ccc(-c3cccc(O)c3)cc1/C2=N\C#N. The molecule has 1 spiro atoms. The van der Waals surface area contributed by atoms with Crippen LogP contribution in [-0.2, 0) is 11.2 Å². The summed E-state index contributed by atoms with van der Waals surface area (Å²) < 4.78 is 5.82.